The Morgan fingerprint density at radius 3 is 2.70 bits per heavy atom. The molecule has 0 radical (unpaired) electrons. The third-order valence-corrected chi connectivity index (χ3v) is 4.69. The molecule has 3 amide bonds. The largest absolute Gasteiger partial charge is 0.481 e. The van der Waals surface area contributed by atoms with E-state index in [2.05, 4.69) is 5.32 Å². The van der Waals surface area contributed by atoms with Gasteiger partial charge >= 0.3 is 12.0 Å². The SMILES string of the molecule is O=C(O)C1CCCC1C(=O)N1CCN2C(=O)NCC2C1. The number of carbonyl (C=O) groups is 3. The second-order valence-electron chi connectivity index (χ2n) is 5.80. The number of hydrogen-bond acceptors (Lipinski definition) is 3. The third-order valence-electron chi connectivity index (χ3n) is 4.69. The van der Waals surface area contributed by atoms with Crippen LogP contribution in [0, 0.1) is 11.8 Å². The van der Waals surface area contributed by atoms with E-state index in [1.165, 1.54) is 0 Å². The van der Waals surface area contributed by atoms with Crippen LogP contribution in [0.15, 0.2) is 0 Å². The Hall–Kier alpha value is -1.79. The molecule has 2 aliphatic heterocycles. The van der Waals surface area contributed by atoms with Crippen LogP contribution < -0.4 is 5.32 Å². The van der Waals surface area contributed by atoms with Gasteiger partial charge in [-0.1, -0.05) is 6.42 Å². The summed E-state index contributed by atoms with van der Waals surface area (Å²) in [5.74, 6) is -1.83. The van der Waals surface area contributed by atoms with Crippen molar-refractivity contribution in [1.29, 1.82) is 0 Å². The lowest BCUT2D eigenvalue weighted by atomic mass is 9.94. The van der Waals surface area contributed by atoms with Crippen molar-refractivity contribution in [3.8, 4) is 0 Å². The van der Waals surface area contributed by atoms with Crippen molar-refractivity contribution in [3.05, 3.63) is 0 Å². The molecular formula is C13H19N3O4. The summed E-state index contributed by atoms with van der Waals surface area (Å²) in [4.78, 5) is 38.7. The number of fused-ring (bicyclic) bond motifs is 1. The van der Waals surface area contributed by atoms with Crippen LogP contribution >= 0.6 is 0 Å². The summed E-state index contributed by atoms with van der Waals surface area (Å²) in [6.45, 7) is 2.12. The standard InChI is InChI=1S/C13H19N3O4/c17-11(9-2-1-3-10(9)12(18)19)15-4-5-16-8(7-15)6-14-13(16)20/h8-10H,1-7H2,(H,14,20)(H,18,19). The lowest BCUT2D eigenvalue weighted by Gasteiger charge is -2.38. The van der Waals surface area contributed by atoms with Crippen LogP contribution in [-0.2, 0) is 9.59 Å². The zero-order chi connectivity index (χ0) is 14.3. The number of piperazine rings is 1. The maximum Gasteiger partial charge on any atom is 0.317 e. The predicted molar refractivity (Wildman–Crippen MR) is 68.9 cm³/mol. The first-order valence-electron chi connectivity index (χ1n) is 7.14. The lowest BCUT2D eigenvalue weighted by molar-refractivity contribution is -0.149. The normalized spacial score (nSPS) is 33.0. The van der Waals surface area contributed by atoms with Crippen molar-refractivity contribution in [2.75, 3.05) is 26.2 Å². The summed E-state index contributed by atoms with van der Waals surface area (Å²) in [6.07, 6.45) is 2.06. The fraction of sp³-hybridized carbons (Fsp3) is 0.769. The third kappa shape index (κ3) is 2.10. The molecule has 110 valence electrons. The van der Waals surface area contributed by atoms with Gasteiger partial charge in [0.05, 0.1) is 17.9 Å². The van der Waals surface area contributed by atoms with E-state index < -0.39 is 11.9 Å². The van der Waals surface area contributed by atoms with E-state index in [-0.39, 0.29) is 23.9 Å². The molecule has 0 spiro atoms. The predicted octanol–water partition coefficient (Wildman–Crippen LogP) is -0.277. The monoisotopic (exact) mass is 281 g/mol. The molecule has 2 N–H and O–H groups in total. The Balaban J connectivity index is 1.66. The molecule has 3 fully saturated rings. The molecule has 7 nitrogen and oxygen atoms in total. The van der Waals surface area contributed by atoms with Gasteiger partial charge in [0.1, 0.15) is 0 Å². The minimum absolute atomic E-state index is 0.0323. The number of carboxylic acids is 1. The van der Waals surface area contributed by atoms with Gasteiger partial charge in [0, 0.05) is 26.2 Å². The van der Waals surface area contributed by atoms with Crippen molar-refractivity contribution in [3.63, 3.8) is 0 Å². The summed E-state index contributed by atoms with van der Waals surface area (Å²) < 4.78 is 0. The number of hydrogen-bond donors (Lipinski definition) is 2. The van der Waals surface area contributed by atoms with E-state index in [0.717, 1.165) is 6.42 Å². The minimum Gasteiger partial charge on any atom is -0.481 e. The van der Waals surface area contributed by atoms with Crippen molar-refractivity contribution in [2.45, 2.75) is 25.3 Å². The average Bonchev–Trinajstić information content (AvgIpc) is 3.05. The maximum atomic E-state index is 12.5. The Kier molecular flexibility index (Phi) is 3.27. The van der Waals surface area contributed by atoms with Crippen molar-refractivity contribution < 1.29 is 19.5 Å². The van der Waals surface area contributed by atoms with Crippen LogP contribution in [0.25, 0.3) is 0 Å². The average molecular weight is 281 g/mol. The summed E-state index contributed by atoms with van der Waals surface area (Å²) in [5.41, 5.74) is 0. The minimum atomic E-state index is -0.864. The maximum absolute atomic E-state index is 12.5. The molecule has 3 unspecified atom stereocenters. The van der Waals surface area contributed by atoms with Crippen LogP contribution in [0.2, 0.25) is 0 Å². The summed E-state index contributed by atoms with van der Waals surface area (Å²) in [6, 6.07) is -0.0312. The molecule has 2 saturated heterocycles. The number of urea groups is 1. The highest BCUT2D eigenvalue weighted by molar-refractivity contribution is 5.86. The van der Waals surface area contributed by atoms with Crippen LogP contribution in [0.4, 0.5) is 4.79 Å². The molecule has 20 heavy (non-hydrogen) atoms. The zero-order valence-electron chi connectivity index (χ0n) is 11.2. The Morgan fingerprint density at radius 1 is 1.20 bits per heavy atom. The molecule has 7 heteroatoms. The van der Waals surface area contributed by atoms with Gasteiger partial charge in [-0.05, 0) is 12.8 Å². The Morgan fingerprint density at radius 2 is 1.95 bits per heavy atom. The quantitative estimate of drug-likeness (QED) is 0.728. The lowest BCUT2D eigenvalue weighted by Crippen LogP contribution is -2.55. The first kappa shape index (κ1) is 13.2. The molecule has 3 rings (SSSR count). The summed E-state index contributed by atoms with van der Waals surface area (Å²) in [7, 11) is 0. The van der Waals surface area contributed by atoms with E-state index in [0.29, 0.717) is 39.0 Å². The van der Waals surface area contributed by atoms with Crippen LogP contribution in [0.5, 0.6) is 0 Å². The van der Waals surface area contributed by atoms with Gasteiger partial charge in [0.25, 0.3) is 0 Å². The van der Waals surface area contributed by atoms with E-state index in [1.54, 1.807) is 9.80 Å². The van der Waals surface area contributed by atoms with E-state index in [9.17, 15) is 19.5 Å². The number of aliphatic carboxylic acids is 1. The van der Waals surface area contributed by atoms with Gasteiger partial charge in [-0.25, -0.2) is 4.79 Å². The Labute approximate surface area is 116 Å². The van der Waals surface area contributed by atoms with Crippen molar-refractivity contribution in [1.82, 2.24) is 15.1 Å². The van der Waals surface area contributed by atoms with Gasteiger partial charge in [0.2, 0.25) is 5.91 Å². The zero-order valence-corrected chi connectivity index (χ0v) is 11.2. The van der Waals surface area contributed by atoms with Crippen molar-refractivity contribution in [2.24, 2.45) is 11.8 Å². The molecule has 0 aromatic carbocycles. The number of carbonyl (C=O) groups excluding carboxylic acids is 2. The summed E-state index contributed by atoms with van der Waals surface area (Å²) >= 11 is 0. The van der Waals surface area contributed by atoms with E-state index in [1.807, 2.05) is 0 Å². The second kappa shape index (κ2) is 4.96. The van der Waals surface area contributed by atoms with Crippen LogP contribution in [0.3, 0.4) is 0 Å². The molecule has 0 bridgehead atoms. The first-order valence-corrected chi connectivity index (χ1v) is 7.14. The fourth-order valence-corrected chi connectivity index (χ4v) is 3.59. The molecule has 0 aromatic heterocycles. The molecule has 1 aliphatic carbocycles. The van der Waals surface area contributed by atoms with Crippen molar-refractivity contribution >= 4 is 17.9 Å². The molecule has 0 aromatic rings. The number of rotatable bonds is 2. The van der Waals surface area contributed by atoms with Crippen LogP contribution in [0.1, 0.15) is 19.3 Å². The Bertz CT molecular complexity index is 453. The molecule has 1 saturated carbocycles. The van der Waals surface area contributed by atoms with Gasteiger partial charge in [-0.3, -0.25) is 9.59 Å². The molecule has 3 atom stereocenters. The van der Waals surface area contributed by atoms with Gasteiger partial charge < -0.3 is 20.2 Å². The molecular weight excluding hydrogens is 262 g/mol. The number of amides is 3. The molecule has 2 heterocycles. The van der Waals surface area contributed by atoms with Gasteiger partial charge in [0.15, 0.2) is 0 Å². The first-order chi connectivity index (χ1) is 9.58. The van der Waals surface area contributed by atoms with Gasteiger partial charge in [-0.2, -0.15) is 0 Å². The second-order valence-corrected chi connectivity index (χ2v) is 5.80. The van der Waals surface area contributed by atoms with Gasteiger partial charge in [-0.15, -0.1) is 0 Å². The fourth-order valence-electron chi connectivity index (χ4n) is 3.59. The highest BCUT2D eigenvalue weighted by Gasteiger charge is 2.43. The number of nitrogens with zero attached hydrogens (tertiary/aromatic N) is 2. The topological polar surface area (TPSA) is 90.0 Å². The number of carboxylic acid groups (broad SMARTS) is 1. The molecule has 3 aliphatic rings. The number of nitrogens with one attached hydrogen (secondary N) is 1. The van der Waals surface area contributed by atoms with E-state index in [4.69, 9.17) is 0 Å². The van der Waals surface area contributed by atoms with Crippen LogP contribution in [-0.4, -0.2) is 65.0 Å². The summed E-state index contributed by atoms with van der Waals surface area (Å²) in [5, 5.41) is 12.0. The highest BCUT2D eigenvalue weighted by Crippen LogP contribution is 2.34. The smallest absolute Gasteiger partial charge is 0.317 e. The van der Waals surface area contributed by atoms with E-state index >= 15 is 0 Å². The highest BCUT2D eigenvalue weighted by atomic mass is 16.4.